The molecule has 8 nitrogen and oxygen atoms in total. The van der Waals surface area contributed by atoms with Gasteiger partial charge in [0.2, 0.25) is 0 Å². The molecule has 5 N–H and O–H groups in total. The van der Waals surface area contributed by atoms with Crippen LogP contribution in [0.2, 0.25) is 0 Å². The molecule has 168 valence electrons. The van der Waals surface area contributed by atoms with Crippen LogP contribution in [0.15, 0.2) is 36.7 Å². The zero-order valence-corrected chi connectivity index (χ0v) is 19.5. The number of nitrogens with one attached hydrogen (secondary N) is 5. The van der Waals surface area contributed by atoms with Gasteiger partial charge in [0.05, 0.1) is 0 Å². The Hall–Kier alpha value is -2.86. The fourth-order valence-electron chi connectivity index (χ4n) is 4.01. The minimum absolute atomic E-state index is 0.0984. The van der Waals surface area contributed by atoms with Gasteiger partial charge in [-0.1, -0.05) is 0 Å². The first-order valence-electron chi connectivity index (χ1n) is 10.3. The van der Waals surface area contributed by atoms with Crippen LogP contribution in [0.5, 0.6) is 5.75 Å². The van der Waals surface area contributed by atoms with Crippen molar-refractivity contribution in [2.75, 3.05) is 37.4 Å². The van der Waals surface area contributed by atoms with Crippen molar-refractivity contribution in [2.24, 2.45) is 0 Å². The Balaban J connectivity index is 1.73. The number of rotatable bonds is 3. The monoisotopic (exact) mass is 549 g/mol. The molecule has 3 aromatic rings. The zero-order chi connectivity index (χ0) is 22.1. The minimum atomic E-state index is -0.474. The molecule has 0 saturated heterocycles. The molecule has 2 aliphatic heterocycles. The number of hydrogen-bond acceptors (Lipinski definition) is 6. The maximum absolute atomic E-state index is 14.4. The first-order valence-corrected chi connectivity index (χ1v) is 12.7. The van der Waals surface area contributed by atoms with Gasteiger partial charge < -0.3 is 0 Å². The number of pyridine rings is 1. The van der Waals surface area contributed by atoms with Crippen LogP contribution in [0.3, 0.4) is 0 Å². The summed E-state index contributed by atoms with van der Waals surface area (Å²) in [6, 6.07) is 6.60. The van der Waals surface area contributed by atoms with Crippen LogP contribution in [0.1, 0.15) is 26.4 Å². The molecule has 2 aromatic heterocycles. The number of carbonyl (C=O) groups excluding carboxylic acids is 1. The number of fused-ring (bicyclic) bond motifs is 3. The first-order chi connectivity index (χ1) is 15.7. The number of carbonyl (C=O) groups is 1. The molecule has 10 heteroatoms. The number of aromatic nitrogens is 2. The molecule has 1 atom stereocenters. The molecular formula is C22H23FIN6O2-. The summed E-state index contributed by atoms with van der Waals surface area (Å²) in [6.45, 7) is 2.31. The predicted octanol–water partition coefficient (Wildman–Crippen LogP) is 0.162. The maximum atomic E-state index is 14.4. The van der Waals surface area contributed by atoms with Crippen molar-refractivity contribution < 1.29 is 35.4 Å². The predicted molar refractivity (Wildman–Crippen MR) is 116 cm³/mol. The third kappa shape index (κ3) is 3.77. The molecule has 1 amide bonds. The van der Waals surface area contributed by atoms with E-state index in [0.29, 0.717) is 23.5 Å². The Bertz CT molecular complexity index is 1170. The molecule has 0 unspecified atom stereocenters. The molecule has 32 heavy (non-hydrogen) atoms. The summed E-state index contributed by atoms with van der Waals surface area (Å²) in [6.07, 6.45) is 4.49. The van der Waals surface area contributed by atoms with E-state index in [9.17, 15) is 9.18 Å². The van der Waals surface area contributed by atoms with Crippen LogP contribution in [-0.2, 0) is 0 Å². The average Bonchev–Trinajstić information content (AvgIpc) is 3.17. The van der Waals surface area contributed by atoms with E-state index in [-0.39, 0.29) is 15.6 Å². The number of nitrogens with zero attached hydrogens (tertiary/aromatic N) is 1. The van der Waals surface area contributed by atoms with Crippen molar-refractivity contribution in [1.82, 2.24) is 18.8 Å². The quantitative estimate of drug-likeness (QED) is 0.181. The van der Waals surface area contributed by atoms with E-state index in [0.717, 1.165) is 42.1 Å². The summed E-state index contributed by atoms with van der Waals surface area (Å²) < 4.78 is 23.5. The fraction of sp³-hybridized carbons (Fsp3) is 0.273. The van der Waals surface area contributed by atoms with E-state index in [2.05, 4.69) is 29.4 Å². The summed E-state index contributed by atoms with van der Waals surface area (Å²) in [7, 11) is 1.43. The van der Waals surface area contributed by atoms with Gasteiger partial charge in [0.25, 0.3) is 0 Å². The Morgan fingerprint density at radius 1 is 1.25 bits per heavy atom. The van der Waals surface area contributed by atoms with E-state index in [1.807, 2.05) is 6.07 Å². The Labute approximate surface area is 195 Å². The van der Waals surface area contributed by atoms with E-state index in [1.165, 1.54) is 13.2 Å². The Kier molecular flexibility index (Phi) is 5.87. The van der Waals surface area contributed by atoms with Gasteiger partial charge >= 0.3 is 196 Å². The number of halogens is 2. The van der Waals surface area contributed by atoms with Gasteiger partial charge in [-0.05, 0) is 0 Å². The third-order valence-electron chi connectivity index (χ3n) is 5.50. The number of para-hydroxylation sites is 1. The number of anilines is 3. The van der Waals surface area contributed by atoms with Crippen LogP contribution < -0.4 is 45.7 Å². The summed E-state index contributed by atoms with van der Waals surface area (Å²) in [5, 5.41) is 9.79. The number of alkyl halides is 1. The number of amides is 1. The molecule has 1 aromatic carbocycles. The van der Waals surface area contributed by atoms with Crippen molar-refractivity contribution >= 4 is 23.0 Å². The number of aromatic amines is 1. The molecule has 0 radical (unpaired) electrons. The molecule has 0 spiro atoms. The van der Waals surface area contributed by atoms with Gasteiger partial charge in [0, 0.05) is 0 Å². The molecule has 0 aliphatic carbocycles. The second-order valence-corrected chi connectivity index (χ2v) is 10.4. The molecule has 2 aliphatic rings. The first kappa shape index (κ1) is 21.0. The molecule has 0 saturated carbocycles. The summed E-state index contributed by atoms with van der Waals surface area (Å²) >= 11 is -0.390. The SMILES string of the molecule is COc1c(F)cccc1Nc1c2[nH]c3c1C(=O)NC[C@H]3[I-]NCCCNc1cnccc1-2. The Morgan fingerprint density at radius 2 is 2.16 bits per heavy atom. The molecule has 5 rings (SSSR count). The van der Waals surface area contributed by atoms with Gasteiger partial charge in [-0.25, -0.2) is 0 Å². The van der Waals surface area contributed by atoms with Gasteiger partial charge in [0.15, 0.2) is 0 Å². The molecule has 4 heterocycles. The second-order valence-electron chi connectivity index (χ2n) is 7.48. The van der Waals surface area contributed by atoms with Crippen LogP contribution in [0.25, 0.3) is 11.3 Å². The molecule has 2 bridgehead atoms. The summed E-state index contributed by atoms with van der Waals surface area (Å²) in [5.74, 6) is -0.529. The van der Waals surface area contributed by atoms with Crippen molar-refractivity contribution in [1.29, 1.82) is 0 Å². The normalized spacial score (nSPS) is 18.1. The van der Waals surface area contributed by atoms with Crippen LogP contribution in [0, 0.1) is 5.82 Å². The van der Waals surface area contributed by atoms with Gasteiger partial charge in [-0.15, -0.1) is 0 Å². The number of H-pyrrole nitrogens is 1. The number of hydrogen-bond donors (Lipinski definition) is 5. The van der Waals surface area contributed by atoms with Crippen LogP contribution >= 0.6 is 0 Å². The van der Waals surface area contributed by atoms with E-state index >= 15 is 0 Å². The second kappa shape index (κ2) is 8.94. The average molecular weight is 549 g/mol. The standard InChI is InChI=1S/C22H23FIN6O2/c1-32-21-13(23)4-2-5-15(21)29-20-17-19-14(10-27-22(17)31)24-28-8-3-7-26-16-11-25-9-6-12(16)18(20)30-19/h2,4-6,9,11,14,26,28-30H,3,7-8,10H2,1H3,(H,27,31)/q-1/t14-/m1/s1. The molecule has 0 fully saturated rings. The molecular weight excluding hydrogens is 526 g/mol. The van der Waals surface area contributed by atoms with Crippen molar-refractivity contribution in [3.05, 3.63) is 53.7 Å². The topological polar surface area (TPSA) is 103 Å². The zero-order valence-electron chi connectivity index (χ0n) is 17.4. The summed E-state index contributed by atoms with van der Waals surface area (Å²) in [5.41, 5.74) is 5.04. The summed E-state index contributed by atoms with van der Waals surface area (Å²) in [4.78, 5) is 20.8. The van der Waals surface area contributed by atoms with Crippen molar-refractivity contribution in [2.45, 2.75) is 10.3 Å². The van der Waals surface area contributed by atoms with Gasteiger partial charge in [0.1, 0.15) is 0 Å². The number of ether oxygens (including phenoxy) is 1. The van der Waals surface area contributed by atoms with E-state index in [1.54, 1.807) is 24.5 Å². The van der Waals surface area contributed by atoms with Crippen LogP contribution in [-0.4, -0.2) is 42.6 Å². The van der Waals surface area contributed by atoms with Gasteiger partial charge in [-0.2, -0.15) is 0 Å². The van der Waals surface area contributed by atoms with E-state index < -0.39 is 27.3 Å². The van der Waals surface area contributed by atoms with Crippen LogP contribution in [0.4, 0.5) is 21.5 Å². The number of benzene rings is 1. The fourth-order valence-corrected chi connectivity index (χ4v) is 6.46. The Morgan fingerprint density at radius 3 is 3.03 bits per heavy atom. The third-order valence-corrected chi connectivity index (χ3v) is 8.30. The van der Waals surface area contributed by atoms with E-state index in [4.69, 9.17) is 4.74 Å². The number of methoxy groups -OCH3 is 1. The van der Waals surface area contributed by atoms with Crippen molar-refractivity contribution in [3.63, 3.8) is 0 Å². The van der Waals surface area contributed by atoms with Crippen molar-refractivity contribution in [3.8, 4) is 17.0 Å². The van der Waals surface area contributed by atoms with Gasteiger partial charge in [-0.3, -0.25) is 0 Å².